The molecule has 0 aliphatic rings. The Hall–Kier alpha value is -2.45. The number of nitrogens with one attached hydrogen (secondary N) is 2. The van der Waals surface area contributed by atoms with Crippen molar-refractivity contribution >= 4 is 23.0 Å². The minimum absolute atomic E-state index is 0.536. The van der Waals surface area contributed by atoms with Gasteiger partial charge in [-0.1, -0.05) is 6.07 Å². The van der Waals surface area contributed by atoms with Crippen LogP contribution in [0, 0.1) is 11.3 Å². The quantitative estimate of drug-likeness (QED) is 0.837. The molecule has 94 valence electrons. The van der Waals surface area contributed by atoms with E-state index in [-0.39, 0.29) is 0 Å². The average Bonchev–Trinajstić information content (AvgIpc) is 2.47. The van der Waals surface area contributed by atoms with Crippen molar-refractivity contribution < 1.29 is 0 Å². The smallest absolute Gasteiger partial charge is 0.171 e. The molecule has 0 fully saturated rings. The molecule has 0 atom stereocenters. The molecule has 0 radical (unpaired) electrons. The van der Waals surface area contributed by atoms with Gasteiger partial charge in [-0.2, -0.15) is 5.26 Å². The Labute approximate surface area is 117 Å². The van der Waals surface area contributed by atoms with Crippen LogP contribution in [0.5, 0.6) is 0 Å². The molecule has 0 saturated carbocycles. The molecule has 0 unspecified atom stereocenters. The van der Waals surface area contributed by atoms with Gasteiger partial charge < -0.3 is 10.6 Å². The van der Waals surface area contributed by atoms with Gasteiger partial charge in [0.15, 0.2) is 5.11 Å². The van der Waals surface area contributed by atoms with Gasteiger partial charge in [-0.05, 0) is 48.1 Å². The van der Waals surface area contributed by atoms with E-state index in [0.29, 0.717) is 17.2 Å². The van der Waals surface area contributed by atoms with Crippen molar-refractivity contribution in [3.05, 3.63) is 59.9 Å². The van der Waals surface area contributed by atoms with Crippen LogP contribution >= 0.6 is 12.2 Å². The fraction of sp³-hybridized carbons (Fsp3) is 0.0714. The van der Waals surface area contributed by atoms with E-state index in [1.165, 1.54) is 0 Å². The zero-order chi connectivity index (χ0) is 13.5. The zero-order valence-electron chi connectivity index (χ0n) is 10.1. The van der Waals surface area contributed by atoms with Gasteiger partial charge >= 0.3 is 0 Å². The topological polar surface area (TPSA) is 60.7 Å². The largest absolute Gasteiger partial charge is 0.358 e. The standard InChI is InChI=1S/C14H12N4S/c15-8-11-3-5-13(6-4-11)18-14(19)17-10-12-2-1-7-16-9-12/h1-7,9H,10H2,(H2,17,18,19). The maximum absolute atomic E-state index is 8.71. The molecule has 0 aliphatic carbocycles. The molecule has 19 heavy (non-hydrogen) atoms. The second-order valence-corrected chi connectivity index (χ2v) is 4.27. The van der Waals surface area contributed by atoms with E-state index in [1.54, 1.807) is 24.5 Å². The van der Waals surface area contributed by atoms with Gasteiger partial charge in [-0.25, -0.2) is 0 Å². The summed E-state index contributed by atoms with van der Waals surface area (Å²) in [6.45, 7) is 0.621. The molecule has 2 N–H and O–H groups in total. The fourth-order valence-corrected chi connectivity index (χ4v) is 1.68. The number of pyridine rings is 1. The van der Waals surface area contributed by atoms with Gasteiger partial charge in [-0.3, -0.25) is 4.98 Å². The molecule has 5 heteroatoms. The number of aromatic nitrogens is 1. The second-order valence-electron chi connectivity index (χ2n) is 3.86. The molecule has 0 aliphatic heterocycles. The van der Waals surface area contributed by atoms with Gasteiger partial charge in [0, 0.05) is 24.6 Å². The second kappa shape index (κ2) is 6.47. The van der Waals surface area contributed by atoms with Gasteiger partial charge in [-0.15, -0.1) is 0 Å². The van der Waals surface area contributed by atoms with E-state index < -0.39 is 0 Å². The molecular weight excluding hydrogens is 256 g/mol. The van der Waals surface area contributed by atoms with E-state index in [0.717, 1.165) is 11.3 Å². The van der Waals surface area contributed by atoms with Crippen molar-refractivity contribution in [1.29, 1.82) is 5.26 Å². The number of benzene rings is 1. The molecule has 0 saturated heterocycles. The molecule has 1 heterocycles. The van der Waals surface area contributed by atoms with Crippen molar-refractivity contribution in [3.63, 3.8) is 0 Å². The van der Waals surface area contributed by atoms with Crippen LogP contribution in [0.1, 0.15) is 11.1 Å². The van der Waals surface area contributed by atoms with E-state index in [2.05, 4.69) is 21.7 Å². The predicted octanol–water partition coefficient (Wildman–Crippen LogP) is 2.44. The molecular formula is C14H12N4S. The summed E-state index contributed by atoms with van der Waals surface area (Å²) in [4.78, 5) is 4.03. The van der Waals surface area contributed by atoms with Crippen LogP contribution < -0.4 is 10.6 Å². The van der Waals surface area contributed by atoms with Crippen LogP contribution in [-0.2, 0) is 6.54 Å². The summed E-state index contributed by atoms with van der Waals surface area (Å²) in [5, 5.41) is 15.4. The monoisotopic (exact) mass is 268 g/mol. The summed E-state index contributed by atoms with van der Waals surface area (Å²) in [7, 11) is 0. The Morgan fingerprint density at radius 1 is 1.26 bits per heavy atom. The first-order valence-corrected chi connectivity index (χ1v) is 6.12. The third-order valence-electron chi connectivity index (χ3n) is 2.45. The van der Waals surface area contributed by atoms with Crippen LogP contribution in [0.15, 0.2) is 48.8 Å². The Morgan fingerprint density at radius 3 is 2.68 bits per heavy atom. The summed E-state index contributed by atoms with van der Waals surface area (Å²) < 4.78 is 0. The summed E-state index contributed by atoms with van der Waals surface area (Å²) in [5.74, 6) is 0. The van der Waals surface area contributed by atoms with E-state index in [9.17, 15) is 0 Å². The number of nitriles is 1. The van der Waals surface area contributed by atoms with Crippen molar-refractivity contribution in [3.8, 4) is 6.07 Å². The molecule has 1 aromatic carbocycles. The Morgan fingerprint density at radius 2 is 2.05 bits per heavy atom. The molecule has 4 nitrogen and oxygen atoms in total. The SMILES string of the molecule is N#Cc1ccc(NC(=S)NCc2cccnc2)cc1. The van der Waals surface area contributed by atoms with Crippen LogP contribution in [0.2, 0.25) is 0 Å². The summed E-state index contributed by atoms with van der Waals surface area (Å²) in [6.07, 6.45) is 3.52. The normalized spacial score (nSPS) is 9.42. The highest BCUT2D eigenvalue weighted by atomic mass is 32.1. The van der Waals surface area contributed by atoms with Crippen molar-refractivity contribution in [2.24, 2.45) is 0 Å². The minimum atomic E-state index is 0.536. The average molecular weight is 268 g/mol. The lowest BCUT2D eigenvalue weighted by Crippen LogP contribution is -2.27. The lowest BCUT2D eigenvalue weighted by molar-refractivity contribution is 0.916. The van der Waals surface area contributed by atoms with Crippen LogP contribution in [0.4, 0.5) is 5.69 Å². The highest BCUT2D eigenvalue weighted by Crippen LogP contribution is 2.08. The van der Waals surface area contributed by atoms with Crippen molar-refractivity contribution in [1.82, 2.24) is 10.3 Å². The Balaban J connectivity index is 1.86. The summed E-state index contributed by atoms with van der Waals surface area (Å²) >= 11 is 5.19. The number of thiocarbonyl (C=S) groups is 1. The highest BCUT2D eigenvalue weighted by Gasteiger charge is 1.98. The van der Waals surface area contributed by atoms with E-state index in [4.69, 9.17) is 17.5 Å². The number of hydrogen-bond acceptors (Lipinski definition) is 3. The predicted molar refractivity (Wildman–Crippen MR) is 78.5 cm³/mol. The highest BCUT2D eigenvalue weighted by molar-refractivity contribution is 7.80. The zero-order valence-corrected chi connectivity index (χ0v) is 10.9. The number of anilines is 1. The fourth-order valence-electron chi connectivity index (χ4n) is 1.49. The third kappa shape index (κ3) is 4.05. The van der Waals surface area contributed by atoms with Gasteiger partial charge in [0.1, 0.15) is 0 Å². The van der Waals surface area contributed by atoms with Gasteiger partial charge in [0.05, 0.1) is 11.6 Å². The Kier molecular flexibility index (Phi) is 4.43. The number of nitrogens with zero attached hydrogens (tertiary/aromatic N) is 2. The van der Waals surface area contributed by atoms with E-state index >= 15 is 0 Å². The maximum Gasteiger partial charge on any atom is 0.171 e. The molecule has 2 aromatic rings. The first-order chi connectivity index (χ1) is 9.28. The Bertz CT molecular complexity index is 587. The van der Waals surface area contributed by atoms with Crippen LogP contribution in [-0.4, -0.2) is 10.1 Å². The first-order valence-electron chi connectivity index (χ1n) is 5.72. The lowest BCUT2D eigenvalue weighted by atomic mass is 10.2. The van der Waals surface area contributed by atoms with Crippen LogP contribution in [0.25, 0.3) is 0 Å². The van der Waals surface area contributed by atoms with Crippen molar-refractivity contribution in [2.45, 2.75) is 6.54 Å². The first kappa shape index (κ1) is 13.0. The maximum atomic E-state index is 8.71. The molecule has 2 rings (SSSR count). The number of hydrogen-bond donors (Lipinski definition) is 2. The summed E-state index contributed by atoms with van der Waals surface area (Å²) in [6, 6.07) is 13.0. The lowest BCUT2D eigenvalue weighted by Gasteiger charge is -2.10. The molecule has 0 amide bonds. The van der Waals surface area contributed by atoms with Crippen molar-refractivity contribution in [2.75, 3.05) is 5.32 Å². The van der Waals surface area contributed by atoms with Gasteiger partial charge in [0.25, 0.3) is 0 Å². The summed E-state index contributed by atoms with van der Waals surface area (Å²) in [5.41, 5.74) is 2.54. The molecule has 0 bridgehead atoms. The third-order valence-corrected chi connectivity index (χ3v) is 2.69. The minimum Gasteiger partial charge on any atom is -0.358 e. The molecule has 0 spiro atoms. The number of rotatable bonds is 3. The van der Waals surface area contributed by atoms with Crippen LogP contribution in [0.3, 0.4) is 0 Å². The van der Waals surface area contributed by atoms with Gasteiger partial charge in [0.2, 0.25) is 0 Å². The van der Waals surface area contributed by atoms with E-state index in [1.807, 2.05) is 24.3 Å². The molecule has 1 aromatic heterocycles.